The molecule has 4 aromatic heterocycles. The molecule has 8 heteroatoms. The van der Waals surface area contributed by atoms with Gasteiger partial charge in [0.05, 0.1) is 11.7 Å². The average Bonchev–Trinajstić information content (AvgIpc) is 3.53. The molecule has 1 N–H and O–H groups in total. The SMILES string of the molecule is O=C(C=Cc1cnccc1-c1cnn2ccccc12)Nc1ccc(CCc2nnco2)cc1. The molecule has 0 saturated heterocycles. The van der Waals surface area contributed by atoms with E-state index in [0.29, 0.717) is 12.3 Å². The first-order chi connectivity index (χ1) is 16.3. The Hall–Kier alpha value is -4.59. The Balaban J connectivity index is 1.26. The maximum atomic E-state index is 12.5. The van der Waals surface area contributed by atoms with Gasteiger partial charge in [-0.2, -0.15) is 5.10 Å². The number of aryl methyl sites for hydroxylation is 2. The fourth-order valence-electron chi connectivity index (χ4n) is 3.59. The molecule has 0 fully saturated rings. The van der Waals surface area contributed by atoms with Crippen molar-refractivity contribution in [3.63, 3.8) is 0 Å². The van der Waals surface area contributed by atoms with Crippen LogP contribution >= 0.6 is 0 Å². The molecule has 0 unspecified atom stereocenters. The van der Waals surface area contributed by atoms with E-state index in [-0.39, 0.29) is 5.91 Å². The van der Waals surface area contributed by atoms with Gasteiger partial charge in [0, 0.05) is 47.9 Å². The van der Waals surface area contributed by atoms with Crippen molar-refractivity contribution in [3.05, 3.63) is 103 Å². The third-order valence-corrected chi connectivity index (χ3v) is 5.24. The Kier molecular flexibility index (Phi) is 5.71. The van der Waals surface area contributed by atoms with Gasteiger partial charge in [-0.1, -0.05) is 18.2 Å². The highest BCUT2D eigenvalue weighted by atomic mass is 16.4. The van der Waals surface area contributed by atoms with Gasteiger partial charge in [-0.15, -0.1) is 10.2 Å². The van der Waals surface area contributed by atoms with Crippen molar-refractivity contribution in [2.24, 2.45) is 0 Å². The topological polar surface area (TPSA) is 98.2 Å². The Bertz CT molecular complexity index is 1400. The summed E-state index contributed by atoms with van der Waals surface area (Å²) in [4.78, 5) is 16.7. The first kappa shape index (κ1) is 20.3. The number of nitrogens with zero attached hydrogens (tertiary/aromatic N) is 5. The number of fused-ring (bicyclic) bond motifs is 1. The van der Waals surface area contributed by atoms with Crippen molar-refractivity contribution in [3.8, 4) is 11.1 Å². The van der Waals surface area contributed by atoms with Gasteiger partial charge in [0.15, 0.2) is 0 Å². The minimum Gasteiger partial charge on any atom is -0.428 e. The summed E-state index contributed by atoms with van der Waals surface area (Å²) in [6, 6.07) is 15.5. The maximum Gasteiger partial charge on any atom is 0.248 e. The predicted molar refractivity (Wildman–Crippen MR) is 124 cm³/mol. The number of anilines is 1. The van der Waals surface area contributed by atoms with Crippen LogP contribution in [0.2, 0.25) is 0 Å². The van der Waals surface area contributed by atoms with Crippen LogP contribution in [-0.4, -0.2) is 30.7 Å². The number of hydrogen-bond donors (Lipinski definition) is 1. The number of hydrogen-bond acceptors (Lipinski definition) is 6. The molecule has 1 amide bonds. The summed E-state index contributed by atoms with van der Waals surface area (Å²) < 4.78 is 6.97. The number of benzene rings is 1. The highest BCUT2D eigenvalue weighted by Gasteiger charge is 2.10. The van der Waals surface area contributed by atoms with E-state index >= 15 is 0 Å². The number of aromatic nitrogens is 5. The lowest BCUT2D eigenvalue weighted by Gasteiger charge is -2.06. The number of nitrogens with one attached hydrogen (secondary N) is 1. The second-order valence-corrected chi connectivity index (χ2v) is 7.40. The Morgan fingerprint density at radius 1 is 1.03 bits per heavy atom. The fraction of sp³-hybridized carbons (Fsp3) is 0.0800. The van der Waals surface area contributed by atoms with E-state index in [0.717, 1.165) is 39.9 Å². The molecule has 0 aliphatic carbocycles. The largest absolute Gasteiger partial charge is 0.428 e. The van der Waals surface area contributed by atoms with Crippen molar-refractivity contribution in [1.29, 1.82) is 0 Å². The molecule has 33 heavy (non-hydrogen) atoms. The summed E-state index contributed by atoms with van der Waals surface area (Å²) in [6.45, 7) is 0. The minimum atomic E-state index is -0.219. The second kappa shape index (κ2) is 9.27. The van der Waals surface area contributed by atoms with E-state index in [4.69, 9.17) is 4.42 Å². The molecule has 0 atom stereocenters. The molecule has 0 aliphatic heterocycles. The monoisotopic (exact) mass is 436 g/mol. The zero-order valence-corrected chi connectivity index (χ0v) is 17.6. The van der Waals surface area contributed by atoms with Crippen molar-refractivity contribution >= 4 is 23.2 Å². The molecule has 0 saturated carbocycles. The molecule has 0 radical (unpaired) electrons. The van der Waals surface area contributed by atoms with Crippen LogP contribution in [-0.2, 0) is 17.6 Å². The molecule has 0 spiro atoms. The zero-order valence-electron chi connectivity index (χ0n) is 17.6. The molecule has 5 rings (SSSR count). The van der Waals surface area contributed by atoms with Crippen molar-refractivity contribution < 1.29 is 9.21 Å². The average molecular weight is 436 g/mol. The highest BCUT2D eigenvalue weighted by molar-refractivity contribution is 6.02. The van der Waals surface area contributed by atoms with E-state index in [2.05, 4.69) is 25.6 Å². The molecular formula is C25H20N6O2. The number of rotatable bonds is 7. The van der Waals surface area contributed by atoms with Gasteiger partial charge in [0.2, 0.25) is 18.2 Å². The summed E-state index contributed by atoms with van der Waals surface area (Å²) in [6.07, 6.45) is 13.3. The summed E-state index contributed by atoms with van der Waals surface area (Å²) in [5.74, 6) is 0.389. The smallest absolute Gasteiger partial charge is 0.248 e. The summed E-state index contributed by atoms with van der Waals surface area (Å²) in [5.41, 5.74) is 5.61. The van der Waals surface area contributed by atoms with Crippen molar-refractivity contribution in [1.82, 2.24) is 24.8 Å². The van der Waals surface area contributed by atoms with Gasteiger partial charge in [0.25, 0.3) is 0 Å². The number of pyridine rings is 2. The normalized spacial score (nSPS) is 11.3. The molecule has 8 nitrogen and oxygen atoms in total. The Morgan fingerprint density at radius 3 is 2.79 bits per heavy atom. The van der Waals surface area contributed by atoms with Crippen LogP contribution in [0.5, 0.6) is 0 Å². The van der Waals surface area contributed by atoms with Crippen LogP contribution in [0.4, 0.5) is 5.69 Å². The number of carbonyl (C=O) groups excluding carboxylic acids is 1. The van der Waals surface area contributed by atoms with E-state index in [1.165, 1.54) is 12.5 Å². The van der Waals surface area contributed by atoms with Crippen LogP contribution in [0.3, 0.4) is 0 Å². The van der Waals surface area contributed by atoms with Gasteiger partial charge >= 0.3 is 0 Å². The van der Waals surface area contributed by atoms with Crippen LogP contribution < -0.4 is 5.32 Å². The van der Waals surface area contributed by atoms with Gasteiger partial charge in [-0.05, 0) is 54.0 Å². The predicted octanol–water partition coefficient (Wildman–Crippen LogP) is 4.22. The van der Waals surface area contributed by atoms with Crippen LogP contribution in [0, 0.1) is 0 Å². The highest BCUT2D eigenvalue weighted by Crippen LogP contribution is 2.28. The molecule has 5 aromatic rings. The van der Waals surface area contributed by atoms with E-state index < -0.39 is 0 Å². The maximum absolute atomic E-state index is 12.5. The zero-order chi connectivity index (χ0) is 22.5. The quantitative estimate of drug-likeness (QED) is 0.384. The Labute approximate surface area is 189 Å². The standard InChI is InChI=1S/C25H20N6O2/c32-24(29-20-8-4-18(5-9-20)6-11-25-30-27-17-33-25)10-7-19-15-26-13-12-21(19)22-16-28-31-14-2-1-3-23(22)31/h1-5,7-10,12-17H,6,11H2,(H,29,32). The molecule has 0 aliphatic rings. The van der Waals surface area contributed by atoms with E-state index in [1.54, 1.807) is 18.5 Å². The molecule has 0 bridgehead atoms. The van der Waals surface area contributed by atoms with Gasteiger partial charge < -0.3 is 9.73 Å². The van der Waals surface area contributed by atoms with Crippen LogP contribution in [0.15, 0.2) is 90.2 Å². The summed E-state index contributed by atoms with van der Waals surface area (Å²) in [7, 11) is 0. The van der Waals surface area contributed by atoms with Crippen molar-refractivity contribution in [2.45, 2.75) is 12.8 Å². The lowest BCUT2D eigenvalue weighted by molar-refractivity contribution is -0.111. The minimum absolute atomic E-state index is 0.219. The number of carbonyl (C=O) groups is 1. The van der Waals surface area contributed by atoms with Gasteiger partial charge in [0.1, 0.15) is 0 Å². The third kappa shape index (κ3) is 4.69. The van der Waals surface area contributed by atoms with E-state index in [1.807, 2.05) is 65.4 Å². The molecule has 1 aromatic carbocycles. The van der Waals surface area contributed by atoms with Crippen LogP contribution in [0.25, 0.3) is 22.7 Å². The van der Waals surface area contributed by atoms with Crippen molar-refractivity contribution in [2.75, 3.05) is 5.32 Å². The summed E-state index contributed by atoms with van der Waals surface area (Å²) >= 11 is 0. The lowest BCUT2D eigenvalue weighted by Crippen LogP contribution is -2.07. The fourth-order valence-corrected chi connectivity index (χ4v) is 3.59. The molecule has 162 valence electrons. The number of amides is 1. The molecular weight excluding hydrogens is 416 g/mol. The first-order valence-corrected chi connectivity index (χ1v) is 10.5. The summed E-state index contributed by atoms with van der Waals surface area (Å²) in [5, 5.41) is 14.8. The molecule has 4 heterocycles. The van der Waals surface area contributed by atoms with E-state index in [9.17, 15) is 4.79 Å². The Morgan fingerprint density at radius 2 is 1.94 bits per heavy atom. The first-order valence-electron chi connectivity index (χ1n) is 10.5. The third-order valence-electron chi connectivity index (χ3n) is 5.24. The lowest BCUT2D eigenvalue weighted by atomic mass is 10.0. The van der Waals surface area contributed by atoms with Gasteiger partial charge in [-0.3, -0.25) is 9.78 Å². The second-order valence-electron chi connectivity index (χ2n) is 7.40. The van der Waals surface area contributed by atoms with Gasteiger partial charge in [-0.25, -0.2) is 4.52 Å². The van der Waals surface area contributed by atoms with Crippen LogP contribution in [0.1, 0.15) is 17.0 Å².